The summed E-state index contributed by atoms with van der Waals surface area (Å²) in [5.41, 5.74) is 0.308. The zero-order chi connectivity index (χ0) is 16.4. The van der Waals surface area contributed by atoms with Crippen molar-refractivity contribution in [3.63, 3.8) is 0 Å². The van der Waals surface area contributed by atoms with Crippen LogP contribution in [-0.4, -0.2) is 47.9 Å². The molecule has 2 heterocycles. The molecule has 2 aromatic rings. The first-order valence-corrected chi connectivity index (χ1v) is 11.3. The summed E-state index contributed by atoms with van der Waals surface area (Å²) in [7, 11) is 0. The van der Waals surface area contributed by atoms with Crippen LogP contribution in [-0.2, 0) is 5.54 Å². The van der Waals surface area contributed by atoms with Gasteiger partial charge in [-0.3, -0.25) is 9.80 Å². The predicted molar refractivity (Wildman–Crippen MR) is 108 cm³/mol. The molecule has 130 valence electrons. The van der Waals surface area contributed by atoms with Crippen molar-refractivity contribution in [1.29, 1.82) is 0 Å². The Hall–Kier alpha value is -0.420. The topological polar surface area (TPSA) is 6.48 Å². The fraction of sp³-hybridized carbons (Fsp3) is 0.600. The van der Waals surface area contributed by atoms with Gasteiger partial charge < -0.3 is 0 Å². The van der Waals surface area contributed by atoms with Crippen LogP contribution in [0.1, 0.15) is 37.0 Å². The van der Waals surface area contributed by atoms with E-state index in [0.717, 1.165) is 5.33 Å². The predicted octanol–water partition coefficient (Wildman–Crippen LogP) is 5.07. The Labute approximate surface area is 158 Å². The molecule has 2 nitrogen and oxygen atoms in total. The maximum atomic E-state index is 3.59. The first-order chi connectivity index (χ1) is 11.8. The van der Waals surface area contributed by atoms with E-state index < -0.39 is 0 Å². The van der Waals surface area contributed by atoms with Crippen molar-refractivity contribution in [3.05, 3.63) is 35.2 Å². The van der Waals surface area contributed by atoms with Gasteiger partial charge in [-0.05, 0) is 30.4 Å². The van der Waals surface area contributed by atoms with Crippen LogP contribution in [0.2, 0.25) is 0 Å². The lowest BCUT2D eigenvalue weighted by Crippen LogP contribution is -2.56. The Bertz CT molecular complexity index is 636. The molecule has 1 aliphatic carbocycles. The minimum absolute atomic E-state index is 0.308. The summed E-state index contributed by atoms with van der Waals surface area (Å²) in [5.74, 6) is 0. The van der Waals surface area contributed by atoms with Crippen LogP contribution in [0.5, 0.6) is 0 Å². The quantitative estimate of drug-likeness (QED) is 0.653. The van der Waals surface area contributed by atoms with Gasteiger partial charge in [0.2, 0.25) is 0 Å². The van der Waals surface area contributed by atoms with Crippen LogP contribution in [0.15, 0.2) is 30.3 Å². The number of fused-ring (bicyclic) bond motifs is 1. The fourth-order valence-electron chi connectivity index (χ4n) is 4.59. The van der Waals surface area contributed by atoms with E-state index in [0.29, 0.717) is 5.54 Å². The average Bonchev–Trinajstić information content (AvgIpc) is 3.08. The van der Waals surface area contributed by atoms with E-state index in [4.69, 9.17) is 0 Å². The maximum Gasteiger partial charge on any atom is 0.0555 e. The van der Waals surface area contributed by atoms with Gasteiger partial charge in [0.05, 0.1) is 5.54 Å². The van der Waals surface area contributed by atoms with E-state index in [1.54, 1.807) is 4.88 Å². The van der Waals surface area contributed by atoms with E-state index >= 15 is 0 Å². The van der Waals surface area contributed by atoms with Crippen LogP contribution in [0.25, 0.3) is 10.1 Å². The van der Waals surface area contributed by atoms with Crippen LogP contribution < -0.4 is 0 Å². The minimum atomic E-state index is 0.308. The van der Waals surface area contributed by atoms with Crippen molar-refractivity contribution in [1.82, 2.24) is 9.80 Å². The van der Waals surface area contributed by atoms with Crippen molar-refractivity contribution < 1.29 is 0 Å². The SMILES string of the molecule is BrCCN1CCN(C2(c3cc4ccccc4s3)CCCCC2)CC1. The Morgan fingerprint density at radius 3 is 2.46 bits per heavy atom. The highest BCUT2D eigenvalue weighted by Gasteiger charge is 2.41. The minimum Gasteiger partial charge on any atom is -0.300 e. The summed E-state index contributed by atoms with van der Waals surface area (Å²) in [6.07, 6.45) is 6.87. The Kier molecular flexibility index (Phi) is 5.28. The third kappa shape index (κ3) is 3.18. The van der Waals surface area contributed by atoms with Crippen LogP contribution in [0, 0.1) is 0 Å². The number of hydrogen-bond acceptors (Lipinski definition) is 3. The second-order valence-corrected chi connectivity index (χ2v) is 9.14. The van der Waals surface area contributed by atoms with Gasteiger partial charge >= 0.3 is 0 Å². The van der Waals surface area contributed by atoms with Gasteiger partial charge in [0.25, 0.3) is 0 Å². The molecule has 4 rings (SSSR count). The van der Waals surface area contributed by atoms with E-state index in [9.17, 15) is 0 Å². The second-order valence-electron chi connectivity index (χ2n) is 7.26. The fourth-order valence-corrected chi connectivity index (χ4v) is 6.42. The number of thiophene rings is 1. The summed E-state index contributed by atoms with van der Waals surface area (Å²) >= 11 is 5.63. The van der Waals surface area contributed by atoms with Gasteiger partial charge in [0.1, 0.15) is 0 Å². The first-order valence-electron chi connectivity index (χ1n) is 9.34. The molecule has 0 spiro atoms. The molecule has 0 amide bonds. The summed E-state index contributed by atoms with van der Waals surface area (Å²) < 4.78 is 1.45. The molecule has 0 bridgehead atoms. The Morgan fingerprint density at radius 2 is 1.75 bits per heavy atom. The molecule has 4 heteroatoms. The van der Waals surface area contributed by atoms with E-state index in [-0.39, 0.29) is 0 Å². The smallest absolute Gasteiger partial charge is 0.0555 e. The van der Waals surface area contributed by atoms with E-state index in [2.05, 4.69) is 56.1 Å². The number of rotatable bonds is 4. The highest BCUT2D eigenvalue weighted by Crippen LogP contribution is 2.46. The number of alkyl halides is 1. The zero-order valence-corrected chi connectivity index (χ0v) is 16.7. The largest absolute Gasteiger partial charge is 0.300 e. The van der Waals surface area contributed by atoms with E-state index in [1.165, 1.54) is 74.9 Å². The molecule has 24 heavy (non-hydrogen) atoms. The lowest BCUT2D eigenvalue weighted by Gasteiger charge is -2.49. The van der Waals surface area contributed by atoms with Crippen molar-refractivity contribution in [2.75, 3.05) is 38.1 Å². The van der Waals surface area contributed by atoms with Gasteiger partial charge in [-0.15, -0.1) is 11.3 Å². The first kappa shape index (κ1) is 17.0. The maximum absolute atomic E-state index is 3.59. The highest BCUT2D eigenvalue weighted by molar-refractivity contribution is 9.09. The van der Waals surface area contributed by atoms with Gasteiger partial charge in [-0.1, -0.05) is 53.4 Å². The summed E-state index contributed by atoms with van der Waals surface area (Å²) in [5, 5.41) is 2.52. The number of nitrogens with zero attached hydrogens (tertiary/aromatic N) is 2. The number of halogens is 1. The van der Waals surface area contributed by atoms with Gasteiger partial charge in [0.15, 0.2) is 0 Å². The molecule has 1 aromatic heterocycles. The number of hydrogen-bond donors (Lipinski definition) is 0. The lowest BCUT2D eigenvalue weighted by molar-refractivity contribution is 0.00815. The Balaban J connectivity index is 1.63. The van der Waals surface area contributed by atoms with Crippen LogP contribution >= 0.6 is 27.3 Å². The molecule has 2 aliphatic rings. The molecule has 2 fully saturated rings. The van der Waals surface area contributed by atoms with E-state index in [1.807, 2.05) is 11.3 Å². The molecule has 0 radical (unpaired) electrons. The van der Waals surface area contributed by atoms with Crippen LogP contribution in [0.3, 0.4) is 0 Å². The molecule has 0 atom stereocenters. The molecular weight excluding hydrogens is 380 g/mol. The molecule has 1 aromatic carbocycles. The average molecular weight is 407 g/mol. The molecule has 0 N–H and O–H groups in total. The number of benzene rings is 1. The monoisotopic (exact) mass is 406 g/mol. The summed E-state index contributed by atoms with van der Waals surface area (Å²) in [6.45, 7) is 6.07. The summed E-state index contributed by atoms with van der Waals surface area (Å²) in [4.78, 5) is 7.06. The van der Waals surface area contributed by atoms with Gasteiger partial charge in [0, 0.05) is 47.6 Å². The highest BCUT2D eigenvalue weighted by atomic mass is 79.9. The third-order valence-corrected chi connectivity index (χ3v) is 7.61. The third-order valence-electron chi connectivity index (χ3n) is 5.94. The van der Waals surface area contributed by atoms with Gasteiger partial charge in [-0.2, -0.15) is 0 Å². The van der Waals surface area contributed by atoms with Crippen molar-refractivity contribution in [3.8, 4) is 0 Å². The molecular formula is C20H27BrN2S. The zero-order valence-electron chi connectivity index (χ0n) is 14.3. The lowest BCUT2D eigenvalue weighted by atomic mass is 9.78. The normalized spacial score (nSPS) is 22.9. The van der Waals surface area contributed by atoms with Gasteiger partial charge in [-0.25, -0.2) is 0 Å². The molecule has 0 unspecified atom stereocenters. The molecule has 1 saturated carbocycles. The van der Waals surface area contributed by atoms with Crippen molar-refractivity contribution in [2.24, 2.45) is 0 Å². The van der Waals surface area contributed by atoms with Crippen molar-refractivity contribution >= 4 is 37.4 Å². The number of piperazine rings is 1. The Morgan fingerprint density at radius 1 is 1.00 bits per heavy atom. The second kappa shape index (κ2) is 7.45. The standard InChI is InChI=1S/C20H27BrN2S/c21-10-11-22-12-14-23(15-13-22)20(8-4-1-5-9-20)19-16-17-6-2-3-7-18(17)24-19/h2-3,6-7,16H,1,4-5,8-15H2. The molecule has 1 saturated heterocycles. The van der Waals surface area contributed by atoms with Crippen molar-refractivity contribution in [2.45, 2.75) is 37.6 Å². The summed E-state index contributed by atoms with van der Waals surface area (Å²) in [6, 6.07) is 11.4. The molecule has 1 aliphatic heterocycles. The van der Waals surface area contributed by atoms with Crippen LogP contribution in [0.4, 0.5) is 0 Å².